The zero-order chi connectivity index (χ0) is 24.8. The van der Waals surface area contributed by atoms with Crippen molar-refractivity contribution in [1.29, 1.82) is 0 Å². The Labute approximate surface area is 211 Å². The van der Waals surface area contributed by atoms with Crippen molar-refractivity contribution in [1.82, 2.24) is 15.5 Å². The molecule has 1 aliphatic heterocycles. The van der Waals surface area contributed by atoms with Crippen LogP contribution in [0.25, 0.3) is 0 Å². The number of carbonyl (C=O) groups is 2. The van der Waals surface area contributed by atoms with Crippen molar-refractivity contribution in [2.75, 3.05) is 32.1 Å². The molecule has 0 bridgehead atoms. The number of hydrogen-bond donors (Lipinski definition) is 2. The molecule has 2 amide bonds. The second kappa shape index (κ2) is 11.4. The van der Waals surface area contributed by atoms with Gasteiger partial charge in [-0.25, -0.2) is 0 Å². The summed E-state index contributed by atoms with van der Waals surface area (Å²) >= 11 is 6.15. The molecule has 4 rings (SSSR count). The molecule has 0 spiro atoms. The van der Waals surface area contributed by atoms with Crippen LogP contribution in [0.5, 0.6) is 0 Å². The van der Waals surface area contributed by atoms with Crippen LogP contribution in [-0.4, -0.2) is 43.9 Å². The maximum atomic E-state index is 12.6. The van der Waals surface area contributed by atoms with Gasteiger partial charge in [0.15, 0.2) is 0 Å². The predicted octanol–water partition coefficient (Wildman–Crippen LogP) is 3.94. The number of amides is 2. The zero-order valence-electron chi connectivity index (χ0n) is 20.1. The van der Waals surface area contributed by atoms with Crippen LogP contribution >= 0.6 is 11.6 Å². The monoisotopic (exact) mass is 490 g/mol. The maximum absolute atomic E-state index is 12.6. The first-order chi connectivity index (χ1) is 16.9. The van der Waals surface area contributed by atoms with Gasteiger partial charge in [-0.2, -0.15) is 0 Å². The van der Waals surface area contributed by atoms with E-state index in [2.05, 4.69) is 69.0 Å². The maximum Gasteiger partial charge on any atom is 0.309 e. The average molecular weight is 491 g/mol. The fourth-order valence-corrected chi connectivity index (χ4v) is 4.61. The molecule has 1 atom stereocenters. The molecule has 1 heterocycles. The lowest BCUT2D eigenvalue weighted by molar-refractivity contribution is -0.139. The summed E-state index contributed by atoms with van der Waals surface area (Å²) in [6.45, 7) is 2.21. The summed E-state index contributed by atoms with van der Waals surface area (Å²) in [7, 11) is 4.02. The first-order valence-electron chi connectivity index (χ1n) is 11.8. The fourth-order valence-electron chi connectivity index (χ4n) is 4.40. The largest absolute Gasteiger partial charge is 0.378 e. The van der Waals surface area contributed by atoms with Gasteiger partial charge in [0, 0.05) is 51.0 Å². The van der Waals surface area contributed by atoms with Crippen LogP contribution in [0.4, 0.5) is 5.69 Å². The molecule has 0 aliphatic carbocycles. The summed E-state index contributed by atoms with van der Waals surface area (Å²) in [5.74, 6) is -1.32. The number of nitrogens with zero attached hydrogens (tertiary/aromatic N) is 2. The Bertz CT molecular complexity index is 1180. The van der Waals surface area contributed by atoms with E-state index in [9.17, 15) is 9.59 Å². The van der Waals surface area contributed by atoms with E-state index in [-0.39, 0.29) is 12.6 Å². The summed E-state index contributed by atoms with van der Waals surface area (Å²) < 4.78 is 0. The van der Waals surface area contributed by atoms with Crippen molar-refractivity contribution >= 4 is 29.1 Å². The number of carbonyl (C=O) groups excluding carboxylic acids is 2. The van der Waals surface area contributed by atoms with E-state index in [1.165, 1.54) is 11.1 Å². The number of fused-ring (bicyclic) bond motifs is 1. The Hall–Kier alpha value is -3.35. The fraction of sp³-hybridized carbons (Fsp3) is 0.286. The third-order valence-corrected chi connectivity index (χ3v) is 6.82. The lowest BCUT2D eigenvalue weighted by Gasteiger charge is -2.36. The van der Waals surface area contributed by atoms with Gasteiger partial charge in [0.05, 0.1) is 6.04 Å². The quantitative estimate of drug-likeness (QED) is 0.492. The molecule has 0 saturated carbocycles. The molecule has 0 saturated heterocycles. The minimum absolute atomic E-state index is 0.0557. The van der Waals surface area contributed by atoms with Gasteiger partial charge in [-0.3, -0.25) is 14.5 Å². The van der Waals surface area contributed by atoms with Crippen LogP contribution in [0.1, 0.15) is 28.3 Å². The van der Waals surface area contributed by atoms with Gasteiger partial charge in [-0.1, -0.05) is 66.2 Å². The van der Waals surface area contributed by atoms with E-state index in [1.54, 1.807) is 6.07 Å². The van der Waals surface area contributed by atoms with Crippen LogP contribution in [0.3, 0.4) is 0 Å². The van der Waals surface area contributed by atoms with E-state index in [1.807, 2.05) is 32.3 Å². The van der Waals surface area contributed by atoms with Gasteiger partial charge < -0.3 is 15.5 Å². The van der Waals surface area contributed by atoms with Crippen LogP contribution in [0, 0.1) is 0 Å². The average Bonchev–Trinajstić information content (AvgIpc) is 2.88. The van der Waals surface area contributed by atoms with Crippen molar-refractivity contribution in [3.05, 3.63) is 100 Å². The van der Waals surface area contributed by atoms with Crippen molar-refractivity contribution in [3.8, 4) is 0 Å². The molecule has 35 heavy (non-hydrogen) atoms. The minimum atomic E-state index is -0.671. The summed E-state index contributed by atoms with van der Waals surface area (Å²) in [4.78, 5) is 29.5. The Kier molecular flexibility index (Phi) is 8.06. The standard InChI is InChI=1S/C28H31ClN4O2/c1-32(2)24-13-11-21(12-14-24)26(33-16-15-20-7-3-4-9-23(20)19-33)18-31-28(35)27(34)30-17-22-8-5-6-10-25(22)29/h3-14,26H,15-19H2,1-2H3,(H,30,34)(H,31,35). The highest BCUT2D eigenvalue weighted by molar-refractivity contribution is 6.35. The van der Waals surface area contributed by atoms with Gasteiger partial charge in [-0.15, -0.1) is 0 Å². The molecule has 182 valence electrons. The first-order valence-corrected chi connectivity index (χ1v) is 12.2. The molecular formula is C28H31ClN4O2. The molecule has 3 aromatic rings. The highest BCUT2D eigenvalue weighted by Crippen LogP contribution is 2.28. The highest BCUT2D eigenvalue weighted by Gasteiger charge is 2.26. The molecule has 0 fully saturated rings. The second-order valence-electron chi connectivity index (χ2n) is 8.98. The van der Waals surface area contributed by atoms with E-state index < -0.39 is 11.8 Å². The summed E-state index contributed by atoms with van der Waals surface area (Å²) in [6, 6.07) is 24.0. The van der Waals surface area contributed by atoms with Gasteiger partial charge >= 0.3 is 11.8 Å². The number of halogens is 1. The Morgan fingerprint density at radius 3 is 2.29 bits per heavy atom. The van der Waals surface area contributed by atoms with Gasteiger partial charge in [-0.05, 0) is 46.9 Å². The van der Waals surface area contributed by atoms with Crippen molar-refractivity contribution < 1.29 is 9.59 Å². The highest BCUT2D eigenvalue weighted by atomic mass is 35.5. The van der Waals surface area contributed by atoms with Crippen LogP contribution < -0.4 is 15.5 Å². The van der Waals surface area contributed by atoms with Crippen LogP contribution in [0.2, 0.25) is 5.02 Å². The lowest BCUT2D eigenvalue weighted by Crippen LogP contribution is -2.45. The second-order valence-corrected chi connectivity index (χ2v) is 9.38. The third kappa shape index (κ3) is 6.21. The SMILES string of the molecule is CN(C)c1ccc(C(CNC(=O)C(=O)NCc2ccccc2Cl)N2CCc3ccccc3C2)cc1. The molecule has 0 radical (unpaired) electrons. The van der Waals surface area contributed by atoms with Gasteiger partial charge in [0.1, 0.15) is 0 Å². The lowest BCUT2D eigenvalue weighted by atomic mass is 9.96. The third-order valence-electron chi connectivity index (χ3n) is 6.45. The van der Waals surface area contributed by atoms with Crippen LogP contribution in [-0.2, 0) is 29.1 Å². The number of benzene rings is 3. The zero-order valence-corrected chi connectivity index (χ0v) is 20.9. The van der Waals surface area contributed by atoms with Gasteiger partial charge in [0.25, 0.3) is 0 Å². The van der Waals surface area contributed by atoms with E-state index >= 15 is 0 Å². The molecule has 1 aliphatic rings. The van der Waals surface area contributed by atoms with Crippen molar-refractivity contribution in [2.45, 2.75) is 25.6 Å². The molecule has 6 nitrogen and oxygen atoms in total. The number of hydrogen-bond acceptors (Lipinski definition) is 4. The van der Waals surface area contributed by atoms with E-state index in [4.69, 9.17) is 11.6 Å². The topological polar surface area (TPSA) is 64.7 Å². The number of anilines is 1. The Morgan fingerprint density at radius 1 is 0.914 bits per heavy atom. The minimum Gasteiger partial charge on any atom is -0.378 e. The van der Waals surface area contributed by atoms with Gasteiger partial charge in [0.2, 0.25) is 0 Å². The number of nitrogens with one attached hydrogen (secondary N) is 2. The first kappa shape index (κ1) is 24.8. The number of rotatable bonds is 7. The predicted molar refractivity (Wildman–Crippen MR) is 140 cm³/mol. The van der Waals surface area contributed by atoms with Crippen molar-refractivity contribution in [3.63, 3.8) is 0 Å². The summed E-state index contributed by atoms with van der Waals surface area (Å²) in [6.07, 6.45) is 0.953. The molecule has 0 aromatic heterocycles. The summed E-state index contributed by atoms with van der Waals surface area (Å²) in [5, 5.41) is 6.07. The van der Waals surface area contributed by atoms with Crippen molar-refractivity contribution in [2.24, 2.45) is 0 Å². The molecule has 3 aromatic carbocycles. The van der Waals surface area contributed by atoms with E-state index in [0.29, 0.717) is 11.6 Å². The van der Waals surface area contributed by atoms with Crippen LogP contribution in [0.15, 0.2) is 72.8 Å². The Balaban J connectivity index is 1.44. The normalized spacial score (nSPS) is 14.0. The molecular weight excluding hydrogens is 460 g/mol. The molecule has 2 N–H and O–H groups in total. The summed E-state index contributed by atoms with van der Waals surface area (Å²) in [5.41, 5.74) is 5.65. The Morgan fingerprint density at radius 2 is 1.57 bits per heavy atom. The van der Waals surface area contributed by atoms with E-state index in [0.717, 1.165) is 36.3 Å². The molecule has 7 heteroatoms. The molecule has 1 unspecified atom stereocenters. The smallest absolute Gasteiger partial charge is 0.309 e.